The first kappa shape index (κ1) is 17.3. The van der Waals surface area contributed by atoms with Crippen LogP contribution >= 0.6 is 15.9 Å². The normalized spacial score (nSPS) is 17.3. The molecule has 0 bridgehead atoms. The molecule has 0 saturated carbocycles. The first-order valence-corrected chi connectivity index (χ1v) is 8.30. The van der Waals surface area contributed by atoms with Gasteiger partial charge in [-0.15, -0.1) is 0 Å². The van der Waals surface area contributed by atoms with Gasteiger partial charge in [0.15, 0.2) is 0 Å². The largest absolute Gasteiger partial charge is 0.338 e. The van der Waals surface area contributed by atoms with Crippen LogP contribution in [-0.2, 0) is 4.79 Å². The number of hydrogen-bond donors (Lipinski definition) is 0. The molecular weight excluding hydrogens is 322 g/mol. The molecule has 20 heavy (non-hydrogen) atoms. The van der Waals surface area contributed by atoms with Crippen molar-refractivity contribution in [3.63, 3.8) is 0 Å². The second-order valence-electron chi connectivity index (χ2n) is 5.41. The first-order chi connectivity index (χ1) is 9.42. The Morgan fingerprint density at radius 1 is 1.05 bits per heavy atom. The average Bonchev–Trinajstić information content (AvgIpc) is 2.46. The number of carbonyl (C=O) groups is 2. The van der Waals surface area contributed by atoms with Crippen molar-refractivity contribution < 1.29 is 9.59 Å². The minimum Gasteiger partial charge on any atom is -0.338 e. The third kappa shape index (κ3) is 4.11. The molecule has 116 valence electrons. The number of piperazine rings is 1. The molecule has 1 rings (SSSR count). The number of alkyl halides is 1. The molecule has 1 fully saturated rings. The van der Waals surface area contributed by atoms with E-state index in [0.29, 0.717) is 26.2 Å². The number of carbonyl (C=O) groups excluding carboxylic acids is 2. The lowest BCUT2D eigenvalue weighted by molar-refractivity contribution is -0.132. The lowest BCUT2D eigenvalue weighted by atomic mass is 10.1. The Morgan fingerprint density at radius 2 is 1.50 bits per heavy atom. The number of hydrogen-bond acceptors (Lipinski definition) is 2. The summed E-state index contributed by atoms with van der Waals surface area (Å²) in [4.78, 5) is 29.8. The molecule has 1 unspecified atom stereocenters. The van der Waals surface area contributed by atoms with Crippen molar-refractivity contribution in [3.8, 4) is 0 Å². The molecule has 1 atom stereocenters. The molecule has 0 aromatic carbocycles. The number of rotatable bonds is 4. The van der Waals surface area contributed by atoms with Crippen LogP contribution in [0.3, 0.4) is 0 Å². The molecule has 0 aliphatic carbocycles. The molecule has 0 aromatic rings. The number of halogens is 1. The number of urea groups is 1. The highest BCUT2D eigenvalue weighted by molar-refractivity contribution is 9.10. The van der Waals surface area contributed by atoms with Crippen molar-refractivity contribution in [2.45, 2.75) is 32.5 Å². The Labute approximate surface area is 130 Å². The van der Waals surface area contributed by atoms with E-state index in [0.717, 1.165) is 13.1 Å². The standard InChI is InChI=1S/C14H26BrN3O2/c1-5-16(6-2)14(20)18-9-7-17(8-10-18)13(19)12(15)11(3)4/h11-12H,5-10H2,1-4H3. The van der Waals surface area contributed by atoms with E-state index in [1.165, 1.54) is 0 Å². The van der Waals surface area contributed by atoms with Gasteiger partial charge in [0.2, 0.25) is 5.91 Å². The maximum Gasteiger partial charge on any atom is 0.320 e. The van der Waals surface area contributed by atoms with Crippen molar-refractivity contribution in [2.24, 2.45) is 5.92 Å². The van der Waals surface area contributed by atoms with E-state index in [1.54, 1.807) is 0 Å². The van der Waals surface area contributed by atoms with Crippen LogP contribution in [0.25, 0.3) is 0 Å². The van der Waals surface area contributed by atoms with E-state index in [2.05, 4.69) is 15.9 Å². The molecule has 0 aromatic heterocycles. The van der Waals surface area contributed by atoms with Gasteiger partial charge < -0.3 is 14.7 Å². The van der Waals surface area contributed by atoms with Crippen LogP contribution in [-0.4, -0.2) is 70.7 Å². The molecule has 5 nitrogen and oxygen atoms in total. The Bertz CT molecular complexity index is 315. The zero-order valence-electron chi connectivity index (χ0n) is 12.9. The van der Waals surface area contributed by atoms with Gasteiger partial charge >= 0.3 is 6.03 Å². The van der Waals surface area contributed by atoms with Crippen molar-refractivity contribution in [2.75, 3.05) is 39.3 Å². The van der Waals surface area contributed by atoms with Crippen LogP contribution < -0.4 is 0 Å². The summed E-state index contributed by atoms with van der Waals surface area (Å²) in [5.41, 5.74) is 0. The summed E-state index contributed by atoms with van der Waals surface area (Å²) in [7, 11) is 0. The Hall–Kier alpha value is -0.780. The molecule has 0 spiro atoms. The summed E-state index contributed by atoms with van der Waals surface area (Å²) < 4.78 is 0. The van der Waals surface area contributed by atoms with Crippen molar-refractivity contribution in [1.82, 2.24) is 14.7 Å². The van der Waals surface area contributed by atoms with E-state index in [4.69, 9.17) is 0 Å². The third-order valence-corrected chi connectivity index (χ3v) is 5.17. The first-order valence-electron chi connectivity index (χ1n) is 7.39. The molecule has 1 saturated heterocycles. The SMILES string of the molecule is CCN(CC)C(=O)N1CCN(C(=O)C(Br)C(C)C)CC1. The van der Waals surface area contributed by atoms with Crippen LogP contribution in [0.15, 0.2) is 0 Å². The monoisotopic (exact) mass is 347 g/mol. The molecule has 1 heterocycles. The molecular formula is C14H26BrN3O2. The Balaban J connectivity index is 2.51. The van der Waals surface area contributed by atoms with Crippen LogP contribution in [0.4, 0.5) is 4.79 Å². The molecule has 0 N–H and O–H groups in total. The summed E-state index contributed by atoms with van der Waals surface area (Å²) in [5, 5.41) is 0. The summed E-state index contributed by atoms with van der Waals surface area (Å²) >= 11 is 3.45. The van der Waals surface area contributed by atoms with Crippen LogP contribution in [0, 0.1) is 5.92 Å². The smallest absolute Gasteiger partial charge is 0.320 e. The van der Waals surface area contributed by atoms with E-state index >= 15 is 0 Å². The summed E-state index contributed by atoms with van der Waals surface area (Å²) in [6.07, 6.45) is 0. The zero-order valence-corrected chi connectivity index (χ0v) is 14.5. The van der Waals surface area contributed by atoms with Gasteiger partial charge in [-0.1, -0.05) is 29.8 Å². The van der Waals surface area contributed by atoms with Gasteiger partial charge in [0.25, 0.3) is 0 Å². The highest BCUT2D eigenvalue weighted by Crippen LogP contribution is 2.16. The van der Waals surface area contributed by atoms with Gasteiger partial charge in [-0.25, -0.2) is 4.79 Å². The quantitative estimate of drug-likeness (QED) is 0.730. The Kier molecular flexibility index (Phi) is 6.79. The van der Waals surface area contributed by atoms with Gasteiger partial charge in [0, 0.05) is 39.3 Å². The zero-order chi connectivity index (χ0) is 15.3. The van der Waals surface area contributed by atoms with Gasteiger partial charge in [0.1, 0.15) is 0 Å². The van der Waals surface area contributed by atoms with Crippen LogP contribution in [0.2, 0.25) is 0 Å². The minimum absolute atomic E-state index is 0.0846. The molecule has 3 amide bonds. The summed E-state index contributed by atoms with van der Waals surface area (Å²) in [6.45, 7) is 12.0. The second kappa shape index (κ2) is 7.86. The minimum atomic E-state index is -0.132. The molecule has 6 heteroatoms. The summed E-state index contributed by atoms with van der Waals surface area (Å²) in [5.74, 6) is 0.410. The predicted octanol–water partition coefficient (Wildman–Crippen LogP) is 2.01. The number of nitrogens with zero attached hydrogens (tertiary/aromatic N) is 3. The maximum absolute atomic E-state index is 12.2. The average molecular weight is 348 g/mol. The fraction of sp³-hybridized carbons (Fsp3) is 0.857. The predicted molar refractivity (Wildman–Crippen MR) is 84.0 cm³/mol. The van der Waals surface area contributed by atoms with Gasteiger partial charge in [0.05, 0.1) is 4.83 Å². The highest BCUT2D eigenvalue weighted by atomic mass is 79.9. The van der Waals surface area contributed by atoms with Crippen LogP contribution in [0.5, 0.6) is 0 Å². The van der Waals surface area contributed by atoms with Crippen LogP contribution in [0.1, 0.15) is 27.7 Å². The van der Waals surface area contributed by atoms with E-state index in [-0.39, 0.29) is 22.7 Å². The van der Waals surface area contributed by atoms with E-state index in [9.17, 15) is 9.59 Å². The Morgan fingerprint density at radius 3 is 1.90 bits per heavy atom. The molecule has 1 aliphatic rings. The van der Waals surface area contributed by atoms with E-state index in [1.807, 2.05) is 42.4 Å². The lowest BCUT2D eigenvalue weighted by Gasteiger charge is -2.38. The lowest BCUT2D eigenvalue weighted by Crippen LogP contribution is -2.55. The number of amides is 3. The fourth-order valence-corrected chi connectivity index (χ4v) is 2.56. The van der Waals surface area contributed by atoms with Gasteiger partial charge in [-0.3, -0.25) is 4.79 Å². The second-order valence-corrected chi connectivity index (χ2v) is 6.40. The molecule has 0 radical (unpaired) electrons. The highest BCUT2D eigenvalue weighted by Gasteiger charge is 2.29. The summed E-state index contributed by atoms with van der Waals surface area (Å²) in [6, 6.07) is 0.0846. The van der Waals surface area contributed by atoms with Crippen molar-refractivity contribution in [1.29, 1.82) is 0 Å². The fourth-order valence-electron chi connectivity index (χ4n) is 2.27. The van der Waals surface area contributed by atoms with E-state index < -0.39 is 0 Å². The van der Waals surface area contributed by atoms with Gasteiger partial charge in [-0.05, 0) is 19.8 Å². The topological polar surface area (TPSA) is 43.9 Å². The maximum atomic E-state index is 12.2. The molecule has 1 aliphatic heterocycles. The van der Waals surface area contributed by atoms with Crippen molar-refractivity contribution >= 4 is 27.9 Å². The third-order valence-electron chi connectivity index (χ3n) is 3.72. The van der Waals surface area contributed by atoms with Gasteiger partial charge in [-0.2, -0.15) is 0 Å². The van der Waals surface area contributed by atoms with Crippen molar-refractivity contribution in [3.05, 3.63) is 0 Å².